The summed E-state index contributed by atoms with van der Waals surface area (Å²) in [6, 6.07) is -0.457. The van der Waals surface area contributed by atoms with Crippen LogP contribution in [0, 0.1) is 11.3 Å². The zero-order chi connectivity index (χ0) is 14.6. The molecule has 0 aromatic rings. The molecule has 1 aliphatic heterocycles. The molecule has 1 aliphatic rings. The Morgan fingerprint density at radius 1 is 1.30 bits per heavy atom. The molecule has 1 atom stereocenters. The highest BCUT2D eigenvalue weighted by atomic mass is 35.5. The fraction of sp³-hybridized carbons (Fsp3) is 0.857. The van der Waals surface area contributed by atoms with Gasteiger partial charge in [-0.25, -0.2) is 0 Å². The zero-order valence-corrected chi connectivity index (χ0v) is 13.8. The van der Waals surface area contributed by atoms with Gasteiger partial charge in [0.25, 0.3) is 0 Å². The number of nitrogens with one attached hydrogen (secondary N) is 1. The molecule has 0 saturated carbocycles. The van der Waals surface area contributed by atoms with Crippen molar-refractivity contribution in [1.29, 1.82) is 0 Å². The molecule has 2 amide bonds. The minimum absolute atomic E-state index is 0. The van der Waals surface area contributed by atoms with Gasteiger partial charge >= 0.3 is 0 Å². The van der Waals surface area contributed by atoms with Gasteiger partial charge in [0.1, 0.15) is 6.04 Å². The van der Waals surface area contributed by atoms with E-state index < -0.39 is 11.5 Å². The van der Waals surface area contributed by atoms with Crippen molar-refractivity contribution in [1.82, 2.24) is 10.2 Å². The van der Waals surface area contributed by atoms with Crippen LogP contribution in [0.1, 0.15) is 40.5 Å². The normalized spacial score (nSPS) is 18.1. The van der Waals surface area contributed by atoms with Crippen LogP contribution in [0.2, 0.25) is 0 Å². The number of nitrogens with two attached hydrogens (primary N) is 1. The molecule has 1 heterocycles. The highest BCUT2D eigenvalue weighted by Crippen LogP contribution is 2.17. The molecule has 0 aromatic heterocycles. The Balaban J connectivity index is 0.00000361. The Morgan fingerprint density at radius 2 is 1.80 bits per heavy atom. The maximum atomic E-state index is 12.2. The van der Waals surface area contributed by atoms with E-state index >= 15 is 0 Å². The molecule has 1 unspecified atom stereocenters. The molecule has 0 radical (unpaired) electrons. The molecule has 0 bridgehead atoms. The molecule has 6 heteroatoms. The van der Waals surface area contributed by atoms with E-state index in [9.17, 15) is 9.59 Å². The lowest BCUT2D eigenvalue weighted by molar-refractivity contribution is -0.139. The summed E-state index contributed by atoms with van der Waals surface area (Å²) in [5, 5.41) is 2.79. The minimum Gasteiger partial charge on any atom is -0.344 e. The lowest BCUT2D eigenvalue weighted by Gasteiger charge is -2.33. The van der Waals surface area contributed by atoms with E-state index in [0.717, 1.165) is 25.9 Å². The van der Waals surface area contributed by atoms with Crippen LogP contribution in [0.5, 0.6) is 0 Å². The molecule has 1 fully saturated rings. The highest BCUT2D eigenvalue weighted by molar-refractivity contribution is 5.89. The summed E-state index contributed by atoms with van der Waals surface area (Å²) in [4.78, 5) is 25.9. The van der Waals surface area contributed by atoms with Crippen LogP contribution in [0.4, 0.5) is 0 Å². The SMILES string of the molecule is CC(NC(=O)C(C)(C)C)C(=O)N1CCC(CN)CC1.Cl. The Hall–Kier alpha value is -0.810. The van der Waals surface area contributed by atoms with Crippen molar-refractivity contribution in [2.45, 2.75) is 46.6 Å². The number of hydrogen-bond donors (Lipinski definition) is 2. The summed E-state index contributed by atoms with van der Waals surface area (Å²) in [6.07, 6.45) is 1.92. The summed E-state index contributed by atoms with van der Waals surface area (Å²) in [6.45, 7) is 9.46. The van der Waals surface area contributed by atoms with Crippen LogP contribution in [0.3, 0.4) is 0 Å². The number of rotatable bonds is 3. The van der Waals surface area contributed by atoms with E-state index in [4.69, 9.17) is 5.73 Å². The Morgan fingerprint density at radius 3 is 2.20 bits per heavy atom. The third kappa shape index (κ3) is 5.29. The largest absolute Gasteiger partial charge is 0.344 e. The molecular formula is C14H28ClN3O2. The average Bonchev–Trinajstić information content (AvgIpc) is 2.36. The topological polar surface area (TPSA) is 75.4 Å². The number of halogens is 1. The van der Waals surface area contributed by atoms with E-state index in [1.54, 1.807) is 6.92 Å². The first-order valence-corrected chi connectivity index (χ1v) is 7.05. The van der Waals surface area contributed by atoms with Crippen LogP contribution in [-0.2, 0) is 9.59 Å². The monoisotopic (exact) mass is 305 g/mol. The van der Waals surface area contributed by atoms with Crippen molar-refractivity contribution < 1.29 is 9.59 Å². The van der Waals surface area contributed by atoms with Crippen molar-refractivity contribution in [3.8, 4) is 0 Å². The molecule has 3 N–H and O–H groups in total. The van der Waals surface area contributed by atoms with Crippen molar-refractivity contribution in [2.75, 3.05) is 19.6 Å². The summed E-state index contributed by atoms with van der Waals surface area (Å²) >= 11 is 0. The molecule has 0 aliphatic carbocycles. The molecule has 20 heavy (non-hydrogen) atoms. The van der Waals surface area contributed by atoms with Crippen molar-refractivity contribution in [3.63, 3.8) is 0 Å². The molecular weight excluding hydrogens is 278 g/mol. The van der Waals surface area contributed by atoms with E-state index in [2.05, 4.69) is 5.32 Å². The summed E-state index contributed by atoms with van der Waals surface area (Å²) in [7, 11) is 0. The number of likely N-dealkylation sites (tertiary alicyclic amines) is 1. The van der Waals surface area contributed by atoms with Gasteiger partial charge in [-0.05, 0) is 32.2 Å². The Labute approximate surface area is 128 Å². The fourth-order valence-electron chi connectivity index (χ4n) is 2.14. The van der Waals surface area contributed by atoms with E-state index in [1.807, 2.05) is 25.7 Å². The smallest absolute Gasteiger partial charge is 0.244 e. The van der Waals surface area contributed by atoms with Crippen molar-refractivity contribution in [2.24, 2.45) is 17.1 Å². The van der Waals surface area contributed by atoms with Crippen molar-refractivity contribution >= 4 is 24.2 Å². The fourth-order valence-corrected chi connectivity index (χ4v) is 2.14. The molecule has 0 aromatic carbocycles. The summed E-state index contributed by atoms with van der Waals surface area (Å²) in [5.74, 6) is 0.446. The average molecular weight is 306 g/mol. The number of hydrogen-bond acceptors (Lipinski definition) is 3. The first kappa shape index (κ1) is 19.2. The highest BCUT2D eigenvalue weighted by Gasteiger charge is 2.29. The Kier molecular flexibility index (Phi) is 7.52. The minimum atomic E-state index is -0.471. The Bertz CT molecular complexity index is 334. The predicted molar refractivity (Wildman–Crippen MR) is 82.7 cm³/mol. The van der Waals surface area contributed by atoms with Crippen LogP contribution >= 0.6 is 12.4 Å². The van der Waals surface area contributed by atoms with Crippen molar-refractivity contribution in [3.05, 3.63) is 0 Å². The van der Waals surface area contributed by atoms with Crippen LogP contribution in [0.15, 0.2) is 0 Å². The maximum absolute atomic E-state index is 12.2. The van der Waals surface area contributed by atoms with Crippen LogP contribution < -0.4 is 11.1 Å². The van der Waals surface area contributed by atoms with Gasteiger partial charge in [0, 0.05) is 18.5 Å². The molecule has 1 saturated heterocycles. The first-order chi connectivity index (χ1) is 8.75. The van der Waals surface area contributed by atoms with E-state index in [1.165, 1.54) is 0 Å². The first-order valence-electron chi connectivity index (χ1n) is 7.05. The number of carbonyl (C=O) groups excluding carboxylic acids is 2. The second kappa shape index (κ2) is 7.84. The zero-order valence-electron chi connectivity index (χ0n) is 12.9. The van der Waals surface area contributed by atoms with E-state index in [-0.39, 0.29) is 24.2 Å². The predicted octanol–water partition coefficient (Wildman–Crippen LogP) is 1.16. The van der Waals surface area contributed by atoms with Crippen LogP contribution in [0.25, 0.3) is 0 Å². The van der Waals surface area contributed by atoms with Gasteiger partial charge in [-0.2, -0.15) is 0 Å². The third-order valence-electron chi connectivity index (χ3n) is 3.66. The second-order valence-corrected chi connectivity index (χ2v) is 6.45. The van der Waals surface area contributed by atoms with E-state index in [0.29, 0.717) is 12.5 Å². The molecule has 1 rings (SSSR count). The maximum Gasteiger partial charge on any atom is 0.244 e. The van der Waals surface area contributed by atoms with Gasteiger partial charge < -0.3 is 16.0 Å². The lowest BCUT2D eigenvalue weighted by atomic mass is 9.95. The number of nitrogens with zero attached hydrogens (tertiary/aromatic N) is 1. The quantitative estimate of drug-likeness (QED) is 0.821. The number of piperidine rings is 1. The lowest BCUT2D eigenvalue weighted by Crippen LogP contribution is -2.51. The summed E-state index contributed by atoms with van der Waals surface area (Å²) < 4.78 is 0. The molecule has 118 valence electrons. The molecule has 5 nitrogen and oxygen atoms in total. The number of carbonyl (C=O) groups is 2. The third-order valence-corrected chi connectivity index (χ3v) is 3.66. The number of amides is 2. The van der Waals surface area contributed by atoms with Crippen LogP contribution in [-0.4, -0.2) is 42.4 Å². The summed E-state index contributed by atoms with van der Waals surface area (Å²) in [5.41, 5.74) is 5.17. The van der Waals surface area contributed by atoms with Gasteiger partial charge in [-0.1, -0.05) is 20.8 Å². The standard InChI is InChI=1S/C14H27N3O2.ClH/c1-10(16-13(19)14(2,3)4)12(18)17-7-5-11(9-15)6-8-17;/h10-11H,5-9,15H2,1-4H3,(H,16,19);1H. The van der Waals surface area contributed by atoms with Gasteiger partial charge in [0.2, 0.25) is 11.8 Å². The van der Waals surface area contributed by atoms with Gasteiger partial charge in [0.05, 0.1) is 0 Å². The van der Waals surface area contributed by atoms with Gasteiger partial charge in [-0.15, -0.1) is 12.4 Å². The second-order valence-electron chi connectivity index (χ2n) is 6.45. The van der Waals surface area contributed by atoms with Gasteiger partial charge in [-0.3, -0.25) is 9.59 Å². The molecule has 0 spiro atoms. The van der Waals surface area contributed by atoms with Gasteiger partial charge in [0.15, 0.2) is 0 Å².